The van der Waals surface area contributed by atoms with Crippen LogP contribution in [0, 0.1) is 11.6 Å². The predicted molar refractivity (Wildman–Crippen MR) is 110 cm³/mol. The van der Waals surface area contributed by atoms with Crippen molar-refractivity contribution in [2.45, 2.75) is 13.0 Å². The van der Waals surface area contributed by atoms with Gasteiger partial charge in [0.2, 0.25) is 5.96 Å². The van der Waals surface area contributed by atoms with Gasteiger partial charge in [0.05, 0.1) is 6.21 Å². The average Bonchev–Trinajstić information content (AvgIpc) is 2.67. The van der Waals surface area contributed by atoms with Gasteiger partial charge >= 0.3 is 0 Å². The zero-order valence-corrected chi connectivity index (χ0v) is 15.6. The summed E-state index contributed by atoms with van der Waals surface area (Å²) < 4.78 is 32.9. The standard InChI is InChI=1S/C22H20F2N4O/c23-19-5-1-3-15(11-19)9-18-10-16(13-27-28-22(25)26)7-8-21(18)29-14-17-4-2-6-20(24)12-17/h1-8,10-13H,9,14H2,(H4,25,26,28). The minimum Gasteiger partial charge on any atom is -0.489 e. The summed E-state index contributed by atoms with van der Waals surface area (Å²) in [5.41, 5.74) is 13.6. The molecule has 0 radical (unpaired) electrons. The fourth-order valence-electron chi connectivity index (χ4n) is 2.78. The van der Waals surface area contributed by atoms with E-state index in [2.05, 4.69) is 10.2 Å². The van der Waals surface area contributed by atoms with Crippen LogP contribution in [0.5, 0.6) is 5.75 Å². The Labute approximate surface area is 167 Å². The zero-order chi connectivity index (χ0) is 20.6. The molecule has 0 aliphatic carbocycles. The molecule has 0 fully saturated rings. The molecule has 0 spiro atoms. The first-order valence-corrected chi connectivity index (χ1v) is 8.86. The van der Waals surface area contributed by atoms with Gasteiger partial charge in [-0.1, -0.05) is 24.3 Å². The summed E-state index contributed by atoms with van der Waals surface area (Å²) >= 11 is 0. The van der Waals surface area contributed by atoms with Crippen LogP contribution in [-0.2, 0) is 13.0 Å². The lowest BCUT2D eigenvalue weighted by molar-refractivity contribution is 0.303. The van der Waals surface area contributed by atoms with Gasteiger partial charge in [-0.2, -0.15) is 5.10 Å². The van der Waals surface area contributed by atoms with Crippen molar-refractivity contribution < 1.29 is 13.5 Å². The van der Waals surface area contributed by atoms with Crippen LogP contribution in [0.3, 0.4) is 0 Å². The molecule has 0 aliphatic rings. The Morgan fingerprint density at radius 3 is 2.28 bits per heavy atom. The number of hydrogen-bond donors (Lipinski definition) is 2. The minimum absolute atomic E-state index is 0.142. The van der Waals surface area contributed by atoms with Crippen LogP contribution >= 0.6 is 0 Å². The number of hydrogen-bond acceptors (Lipinski definition) is 3. The maximum absolute atomic E-state index is 13.6. The first kappa shape index (κ1) is 20.0. The van der Waals surface area contributed by atoms with Crippen molar-refractivity contribution >= 4 is 12.2 Å². The molecule has 0 bridgehead atoms. The Morgan fingerprint density at radius 1 is 0.897 bits per heavy atom. The van der Waals surface area contributed by atoms with Crippen molar-refractivity contribution in [3.8, 4) is 5.75 Å². The van der Waals surface area contributed by atoms with E-state index < -0.39 is 0 Å². The molecule has 0 atom stereocenters. The van der Waals surface area contributed by atoms with E-state index in [0.29, 0.717) is 17.7 Å². The Balaban J connectivity index is 1.86. The summed E-state index contributed by atoms with van der Waals surface area (Å²) in [7, 11) is 0. The smallest absolute Gasteiger partial charge is 0.211 e. The molecule has 0 amide bonds. The fraction of sp³-hybridized carbons (Fsp3) is 0.0909. The monoisotopic (exact) mass is 394 g/mol. The van der Waals surface area contributed by atoms with Crippen LogP contribution in [0.4, 0.5) is 8.78 Å². The first-order valence-electron chi connectivity index (χ1n) is 8.86. The largest absolute Gasteiger partial charge is 0.489 e. The Bertz CT molecular complexity index is 1050. The molecule has 0 saturated carbocycles. The third-order valence-electron chi connectivity index (χ3n) is 4.03. The van der Waals surface area contributed by atoms with Gasteiger partial charge in [-0.25, -0.2) is 8.78 Å². The van der Waals surface area contributed by atoms with Gasteiger partial charge in [0, 0.05) is 6.42 Å². The quantitative estimate of drug-likeness (QED) is 0.364. The van der Waals surface area contributed by atoms with Crippen LogP contribution in [0.25, 0.3) is 0 Å². The second-order valence-corrected chi connectivity index (χ2v) is 6.36. The molecule has 0 saturated heterocycles. The van der Waals surface area contributed by atoms with Gasteiger partial charge in [0.1, 0.15) is 24.0 Å². The Morgan fingerprint density at radius 2 is 1.59 bits per heavy atom. The van der Waals surface area contributed by atoms with Gasteiger partial charge in [0.25, 0.3) is 0 Å². The van der Waals surface area contributed by atoms with E-state index >= 15 is 0 Å². The van der Waals surface area contributed by atoms with E-state index in [0.717, 1.165) is 16.7 Å². The molecule has 0 unspecified atom stereocenters. The lowest BCUT2D eigenvalue weighted by Gasteiger charge is -2.13. The number of ether oxygens (including phenoxy) is 1. The molecular formula is C22H20F2N4O. The van der Waals surface area contributed by atoms with Crippen molar-refractivity contribution in [3.05, 3.63) is 101 Å². The highest BCUT2D eigenvalue weighted by Crippen LogP contribution is 2.24. The molecule has 5 nitrogen and oxygen atoms in total. The van der Waals surface area contributed by atoms with E-state index in [9.17, 15) is 8.78 Å². The van der Waals surface area contributed by atoms with Crippen LogP contribution in [0.1, 0.15) is 22.3 Å². The maximum atomic E-state index is 13.6. The molecule has 148 valence electrons. The molecule has 3 rings (SSSR count). The van der Waals surface area contributed by atoms with Crippen molar-refractivity contribution in [2.75, 3.05) is 0 Å². The molecule has 3 aromatic rings. The number of nitrogens with zero attached hydrogens (tertiary/aromatic N) is 2. The normalized spacial score (nSPS) is 10.8. The van der Waals surface area contributed by atoms with Gasteiger partial charge in [-0.05, 0) is 64.7 Å². The van der Waals surface area contributed by atoms with Gasteiger partial charge in [-0.3, -0.25) is 0 Å². The van der Waals surface area contributed by atoms with Gasteiger partial charge in [-0.15, -0.1) is 5.10 Å². The van der Waals surface area contributed by atoms with Crippen LogP contribution in [0.15, 0.2) is 76.9 Å². The van der Waals surface area contributed by atoms with Crippen molar-refractivity contribution in [1.29, 1.82) is 0 Å². The Hall–Kier alpha value is -3.74. The number of benzene rings is 3. The molecule has 0 aromatic heterocycles. The highest BCUT2D eigenvalue weighted by Gasteiger charge is 2.08. The second kappa shape index (κ2) is 9.45. The molecular weight excluding hydrogens is 374 g/mol. The molecule has 0 heterocycles. The average molecular weight is 394 g/mol. The summed E-state index contributed by atoms with van der Waals surface area (Å²) in [5, 5.41) is 7.38. The Kier molecular flexibility index (Phi) is 6.52. The van der Waals surface area contributed by atoms with E-state index in [1.807, 2.05) is 12.1 Å². The first-order chi connectivity index (χ1) is 14.0. The number of guanidine groups is 1. The minimum atomic E-state index is -0.322. The highest BCUT2D eigenvalue weighted by atomic mass is 19.1. The SMILES string of the molecule is NC(N)=NN=Cc1ccc(OCc2cccc(F)c2)c(Cc2cccc(F)c2)c1. The maximum Gasteiger partial charge on any atom is 0.211 e. The van der Waals surface area contributed by atoms with Crippen molar-refractivity contribution in [1.82, 2.24) is 0 Å². The number of halogens is 2. The third-order valence-corrected chi connectivity index (χ3v) is 4.03. The molecule has 3 aromatic carbocycles. The molecule has 0 aliphatic heterocycles. The van der Waals surface area contributed by atoms with E-state index in [1.165, 1.54) is 30.5 Å². The highest BCUT2D eigenvalue weighted by molar-refractivity contribution is 5.82. The summed E-state index contributed by atoms with van der Waals surface area (Å²) in [5.74, 6) is -0.165. The second-order valence-electron chi connectivity index (χ2n) is 6.36. The van der Waals surface area contributed by atoms with Gasteiger partial charge < -0.3 is 16.2 Å². The topological polar surface area (TPSA) is 86.0 Å². The summed E-state index contributed by atoms with van der Waals surface area (Å²) in [4.78, 5) is 0. The third kappa shape index (κ3) is 6.14. The van der Waals surface area contributed by atoms with Crippen molar-refractivity contribution in [2.24, 2.45) is 21.7 Å². The predicted octanol–water partition coefficient (Wildman–Crippen LogP) is 3.74. The van der Waals surface area contributed by atoms with Gasteiger partial charge in [0.15, 0.2) is 0 Å². The number of rotatable bonds is 7. The van der Waals surface area contributed by atoms with Crippen LogP contribution in [0.2, 0.25) is 0 Å². The molecule has 7 heteroatoms. The lowest BCUT2D eigenvalue weighted by Crippen LogP contribution is -2.21. The van der Waals surface area contributed by atoms with E-state index in [1.54, 1.807) is 30.3 Å². The van der Waals surface area contributed by atoms with E-state index in [-0.39, 0.29) is 24.2 Å². The lowest BCUT2D eigenvalue weighted by atomic mass is 10.0. The zero-order valence-electron chi connectivity index (χ0n) is 15.6. The number of nitrogens with two attached hydrogens (primary N) is 2. The van der Waals surface area contributed by atoms with Crippen LogP contribution < -0.4 is 16.2 Å². The summed E-state index contributed by atoms with van der Waals surface area (Å²) in [6, 6.07) is 18.0. The molecule has 4 N–H and O–H groups in total. The fourth-order valence-corrected chi connectivity index (χ4v) is 2.78. The summed E-state index contributed by atoms with van der Waals surface area (Å²) in [6.07, 6.45) is 1.95. The van der Waals surface area contributed by atoms with Crippen LogP contribution in [-0.4, -0.2) is 12.2 Å². The van der Waals surface area contributed by atoms with Crippen molar-refractivity contribution in [3.63, 3.8) is 0 Å². The molecule has 29 heavy (non-hydrogen) atoms. The van der Waals surface area contributed by atoms with E-state index in [4.69, 9.17) is 16.2 Å². The summed E-state index contributed by atoms with van der Waals surface area (Å²) in [6.45, 7) is 0.204.